The van der Waals surface area contributed by atoms with Gasteiger partial charge < -0.3 is 4.98 Å². The zero-order valence-corrected chi connectivity index (χ0v) is 8.43. The second-order valence-electron chi connectivity index (χ2n) is 3.66. The summed E-state index contributed by atoms with van der Waals surface area (Å²) in [6.07, 6.45) is 5.08. The first-order valence-corrected chi connectivity index (χ1v) is 5.24. The summed E-state index contributed by atoms with van der Waals surface area (Å²) < 4.78 is 0. The number of hydrogen-bond donors (Lipinski definition) is 1. The number of aromatic amines is 1. The number of halogens is 1. The smallest absolute Gasteiger partial charge is 0.0744 e. The molecule has 0 fully saturated rings. The summed E-state index contributed by atoms with van der Waals surface area (Å²) in [6.45, 7) is 0. The second-order valence-corrected chi connectivity index (χ2v) is 4.19. The molecular formula is C12H10ClN. The van der Waals surface area contributed by atoms with E-state index in [9.17, 15) is 0 Å². The molecule has 1 aliphatic carbocycles. The molecule has 1 nitrogen and oxygen atoms in total. The lowest BCUT2D eigenvalue weighted by Crippen LogP contribution is -2.04. The van der Waals surface area contributed by atoms with Crippen LogP contribution in [0.3, 0.4) is 0 Å². The SMILES string of the molecule is ClC1C[C]Cc2c1[nH]c1ccccc21. The van der Waals surface area contributed by atoms with Gasteiger partial charge in [0.05, 0.1) is 5.38 Å². The van der Waals surface area contributed by atoms with E-state index >= 15 is 0 Å². The summed E-state index contributed by atoms with van der Waals surface area (Å²) in [5, 5.41) is 1.37. The quantitative estimate of drug-likeness (QED) is 0.631. The van der Waals surface area contributed by atoms with E-state index in [1.807, 2.05) is 6.07 Å². The fourth-order valence-corrected chi connectivity index (χ4v) is 2.40. The highest BCUT2D eigenvalue weighted by Gasteiger charge is 2.22. The second kappa shape index (κ2) is 3.03. The Labute approximate surface area is 88.1 Å². The predicted molar refractivity (Wildman–Crippen MR) is 58.5 cm³/mol. The van der Waals surface area contributed by atoms with Crippen molar-refractivity contribution in [2.75, 3.05) is 0 Å². The van der Waals surface area contributed by atoms with E-state index < -0.39 is 0 Å². The van der Waals surface area contributed by atoms with Crippen LogP contribution in [0.25, 0.3) is 10.9 Å². The molecule has 0 saturated heterocycles. The molecule has 2 heteroatoms. The number of benzene rings is 1. The first kappa shape index (κ1) is 8.37. The fraction of sp³-hybridized carbons (Fsp3) is 0.250. The first-order chi connectivity index (χ1) is 6.86. The third-order valence-electron chi connectivity index (χ3n) is 2.79. The van der Waals surface area contributed by atoms with Gasteiger partial charge in [-0.3, -0.25) is 0 Å². The molecule has 2 aromatic rings. The highest BCUT2D eigenvalue weighted by atomic mass is 35.5. The Hall–Kier alpha value is -0.950. The average molecular weight is 204 g/mol. The predicted octanol–water partition coefficient (Wildman–Crippen LogP) is 3.48. The van der Waals surface area contributed by atoms with E-state index in [-0.39, 0.29) is 5.38 Å². The van der Waals surface area contributed by atoms with Crippen LogP contribution in [-0.4, -0.2) is 4.98 Å². The topological polar surface area (TPSA) is 15.8 Å². The Morgan fingerprint density at radius 3 is 3.14 bits per heavy atom. The maximum Gasteiger partial charge on any atom is 0.0744 e. The number of alkyl halides is 1. The largest absolute Gasteiger partial charge is 0.357 e. The van der Waals surface area contributed by atoms with Crippen LogP contribution < -0.4 is 0 Å². The van der Waals surface area contributed by atoms with Gasteiger partial charge in [0.2, 0.25) is 0 Å². The van der Waals surface area contributed by atoms with E-state index in [1.54, 1.807) is 0 Å². The van der Waals surface area contributed by atoms with Gasteiger partial charge in [0.15, 0.2) is 0 Å². The molecule has 70 valence electrons. The Kier molecular flexibility index (Phi) is 1.81. The van der Waals surface area contributed by atoms with Gasteiger partial charge in [-0.05, 0) is 30.9 Å². The molecule has 2 radical (unpaired) electrons. The average Bonchev–Trinajstić information content (AvgIpc) is 2.59. The van der Waals surface area contributed by atoms with Crippen LogP contribution in [0.15, 0.2) is 24.3 Å². The molecule has 0 amide bonds. The lowest BCUT2D eigenvalue weighted by molar-refractivity contribution is 0.788. The van der Waals surface area contributed by atoms with Crippen LogP contribution in [0.2, 0.25) is 0 Å². The molecule has 1 unspecified atom stereocenters. The third-order valence-corrected chi connectivity index (χ3v) is 3.16. The minimum Gasteiger partial charge on any atom is -0.357 e. The van der Waals surface area contributed by atoms with Crippen molar-refractivity contribution in [3.63, 3.8) is 0 Å². The Bertz CT molecular complexity index is 472. The van der Waals surface area contributed by atoms with Gasteiger partial charge >= 0.3 is 0 Å². The van der Waals surface area contributed by atoms with Gasteiger partial charge in [0, 0.05) is 16.6 Å². The molecule has 3 rings (SSSR count). The normalized spacial score (nSPS) is 21.1. The van der Waals surface area contributed by atoms with Gasteiger partial charge in [0.25, 0.3) is 0 Å². The summed E-state index contributed by atoms with van der Waals surface area (Å²) in [4.78, 5) is 3.39. The van der Waals surface area contributed by atoms with Crippen molar-refractivity contribution in [1.82, 2.24) is 4.98 Å². The van der Waals surface area contributed by atoms with Crippen molar-refractivity contribution in [3.8, 4) is 0 Å². The molecule has 0 spiro atoms. The minimum atomic E-state index is 0.0751. The monoisotopic (exact) mass is 203 g/mol. The van der Waals surface area contributed by atoms with Crippen molar-refractivity contribution in [3.05, 3.63) is 41.9 Å². The van der Waals surface area contributed by atoms with Crippen LogP contribution in [0.1, 0.15) is 23.1 Å². The molecule has 1 heterocycles. The number of H-pyrrole nitrogens is 1. The fourth-order valence-electron chi connectivity index (χ4n) is 2.10. The Morgan fingerprint density at radius 1 is 1.36 bits per heavy atom. The summed E-state index contributed by atoms with van der Waals surface area (Å²) in [6, 6.07) is 8.34. The number of rotatable bonds is 0. The summed E-state index contributed by atoms with van der Waals surface area (Å²) in [5.41, 5.74) is 3.70. The molecule has 1 aromatic carbocycles. The zero-order chi connectivity index (χ0) is 9.54. The van der Waals surface area contributed by atoms with Crippen LogP contribution in [0.4, 0.5) is 0 Å². The number of aromatic nitrogens is 1. The number of nitrogens with one attached hydrogen (secondary N) is 1. The van der Waals surface area contributed by atoms with Gasteiger partial charge in [-0.1, -0.05) is 18.2 Å². The molecule has 1 aliphatic rings. The van der Waals surface area contributed by atoms with Crippen molar-refractivity contribution in [1.29, 1.82) is 0 Å². The highest BCUT2D eigenvalue weighted by molar-refractivity contribution is 6.21. The molecule has 0 bridgehead atoms. The van der Waals surface area contributed by atoms with Crippen LogP contribution in [-0.2, 0) is 6.42 Å². The Balaban J connectivity index is 2.32. The first-order valence-electron chi connectivity index (χ1n) is 4.80. The number of para-hydroxylation sites is 1. The number of fused-ring (bicyclic) bond motifs is 3. The van der Waals surface area contributed by atoms with E-state index in [4.69, 9.17) is 11.6 Å². The number of hydrogen-bond acceptors (Lipinski definition) is 0. The molecule has 0 saturated carbocycles. The van der Waals surface area contributed by atoms with Crippen molar-refractivity contribution in [2.45, 2.75) is 18.2 Å². The molecule has 14 heavy (non-hydrogen) atoms. The van der Waals surface area contributed by atoms with Gasteiger partial charge in [-0.2, -0.15) is 0 Å². The minimum absolute atomic E-state index is 0.0751. The van der Waals surface area contributed by atoms with Gasteiger partial charge in [-0.15, -0.1) is 11.6 Å². The molecular weight excluding hydrogens is 194 g/mol. The van der Waals surface area contributed by atoms with Gasteiger partial charge in [-0.25, -0.2) is 0 Å². The lowest BCUT2D eigenvalue weighted by Gasteiger charge is -2.15. The standard InChI is InChI=1S/C12H10ClN/c13-10-6-3-5-9-8-4-1-2-7-11(8)14-12(9)10/h1-2,4,7,10,14H,5-6H2. The molecule has 1 N–H and O–H groups in total. The maximum absolute atomic E-state index is 6.22. The lowest BCUT2D eigenvalue weighted by atomic mass is 9.95. The van der Waals surface area contributed by atoms with Crippen molar-refractivity contribution in [2.24, 2.45) is 0 Å². The summed E-state index contributed by atoms with van der Waals surface area (Å²) in [5.74, 6) is 0. The van der Waals surface area contributed by atoms with E-state index in [0.29, 0.717) is 0 Å². The van der Waals surface area contributed by atoms with Crippen LogP contribution >= 0.6 is 11.6 Å². The molecule has 1 atom stereocenters. The highest BCUT2D eigenvalue weighted by Crippen LogP contribution is 2.37. The third kappa shape index (κ3) is 1.09. The van der Waals surface area contributed by atoms with Gasteiger partial charge in [0.1, 0.15) is 0 Å². The molecule has 1 aromatic heterocycles. The van der Waals surface area contributed by atoms with Crippen molar-refractivity contribution >= 4 is 22.5 Å². The van der Waals surface area contributed by atoms with Crippen LogP contribution in [0.5, 0.6) is 0 Å². The maximum atomic E-state index is 6.22. The summed E-state index contributed by atoms with van der Waals surface area (Å²) in [7, 11) is 0. The van der Waals surface area contributed by atoms with Crippen molar-refractivity contribution < 1.29 is 0 Å². The zero-order valence-electron chi connectivity index (χ0n) is 7.68. The van der Waals surface area contributed by atoms with E-state index in [1.165, 1.54) is 22.2 Å². The van der Waals surface area contributed by atoms with E-state index in [0.717, 1.165) is 12.8 Å². The molecule has 0 aliphatic heterocycles. The van der Waals surface area contributed by atoms with E-state index in [2.05, 4.69) is 29.6 Å². The Morgan fingerprint density at radius 2 is 2.21 bits per heavy atom. The summed E-state index contributed by atoms with van der Waals surface area (Å²) >= 11 is 6.22. The van der Waals surface area contributed by atoms with Crippen LogP contribution in [0, 0.1) is 6.42 Å².